The van der Waals surface area contributed by atoms with Gasteiger partial charge in [-0.3, -0.25) is 9.67 Å². The Morgan fingerprint density at radius 2 is 2.35 bits per heavy atom. The standard InChI is InChI=1S/C13H15N5O2/c1-8-6-16-18(7-8)3-2-15-10-5-11-12(4-9(10)14)20-13(19)17-11/h4-7,15H,2-3,14H2,1H3,(H,17,19). The molecule has 0 aliphatic heterocycles. The van der Waals surface area contributed by atoms with Crippen LogP contribution in [0, 0.1) is 6.92 Å². The van der Waals surface area contributed by atoms with Gasteiger partial charge in [0.25, 0.3) is 0 Å². The van der Waals surface area contributed by atoms with Crippen molar-refractivity contribution in [2.75, 3.05) is 17.6 Å². The van der Waals surface area contributed by atoms with Gasteiger partial charge in [0.05, 0.1) is 29.6 Å². The molecule has 104 valence electrons. The van der Waals surface area contributed by atoms with Gasteiger partial charge in [-0.05, 0) is 18.6 Å². The van der Waals surface area contributed by atoms with Gasteiger partial charge in [0.1, 0.15) is 0 Å². The molecule has 7 nitrogen and oxygen atoms in total. The maximum Gasteiger partial charge on any atom is 0.417 e. The molecular formula is C13H15N5O2. The molecule has 0 saturated heterocycles. The van der Waals surface area contributed by atoms with Crippen LogP contribution in [0.2, 0.25) is 0 Å². The van der Waals surface area contributed by atoms with Gasteiger partial charge in [0.2, 0.25) is 0 Å². The molecule has 0 bridgehead atoms. The molecule has 0 radical (unpaired) electrons. The van der Waals surface area contributed by atoms with Crippen molar-refractivity contribution in [3.63, 3.8) is 0 Å². The normalized spacial score (nSPS) is 11.1. The molecule has 2 heterocycles. The lowest BCUT2D eigenvalue weighted by atomic mass is 10.2. The Morgan fingerprint density at radius 1 is 1.50 bits per heavy atom. The largest absolute Gasteiger partial charge is 0.417 e. The Bertz CT molecular complexity index is 799. The fraction of sp³-hybridized carbons (Fsp3) is 0.231. The number of fused-ring (bicyclic) bond motifs is 1. The second-order valence-electron chi connectivity index (χ2n) is 4.66. The van der Waals surface area contributed by atoms with Crippen molar-refractivity contribution < 1.29 is 4.42 Å². The molecule has 0 aliphatic rings. The summed E-state index contributed by atoms with van der Waals surface area (Å²) in [5.74, 6) is -0.483. The van der Waals surface area contributed by atoms with Crippen molar-refractivity contribution >= 4 is 22.5 Å². The van der Waals surface area contributed by atoms with E-state index in [0.717, 1.165) is 17.8 Å². The number of nitrogens with two attached hydrogens (primary N) is 1. The number of aromatic amines is 1. The first-order chi connectivity index (χ1) is 9.61. The van der Waals surface area contributed by atoms with E-state index in [9.17, 15) is 4.79 Å². The minimum atomic E-state index is -0.483. The lowest BCUT2D eigenvalue weighted by molar-refractivity contribution is 0.555. The molecule has 0 atom stereocenters. The second kappa shape index (κ2) is 4.76. The first-order valence-electron chi connectivity index (χ1n) is 6.27. The van der Waals surface area contributed by atoms with E-state index in [4.69, 9.17) is 10.2 Å². The van der Waals surface area contributed by atoms with Crippen molar-refractivity contribution in [3.05, 3.63) is 40.6 Å². The Hall–Kier alpha value is -2.70. The summed E-state index contributed by atoms with van der Waals surface area (Å²) in [4.78, 5) is 13.7. The van der Waals surface area contributed by atoms with E-state index >= 15 is 0 Å². The van der Waals surface area contributed by atoms with Crippen LogP contribution in [0.1, 0.15) is 5.56 Å². The third kappa shape index (κ3) is 2.37. The Labute approximate surface area is 114 Å². The smallest absolute Gasteiger partial charge is 0.408 e. The molecule has 0 aliphatic carbocycles. The quantitative estimate of drug-likeness (QED) is 0.622. The molecule has 2 aromatic heterocycles. The maximum atomic E-state index is 11.1. The summed E-state index contributed by atoms with van der Waals surface area (Å²) < 4.78 is 6.81. The molecule has 0 fully saturated rings. The second-order valence-corrected chi connectivity index (χ2v) is 4.66. The fourth-order valence-electron chi connectivity index (χ4n) is 2.06. The van der Waals surface area contributed by atoms with E-state index in [1.165, 1.54) is 0 Å². The summed E-state index contributed by atoms with van der Waals surface area (Å²) >= 11 is 0. The van der Waals surface area contributed by atoms with Crippen LogP contribution in [0.3, 0.4) is 0 Å². The average molecular weight is 273 g/mol. The predicted octanol–water partition coefficient (Wildman–Crippen LogP) is 1.32. The third-order valence-corrected chi connectivity index (χ3v) is 3.01. The van der Waals surface area contributed by atoms with E-state index in [1.807, 2.05) is 24.0 Å². The number of oxazole rings is 1. The highest BCUT2D eigenvalue weighted by atomic mass is 16.4. The molecule has 0 amide bonds. The molecule has 0 saturated carbocycles. The van der Waals surface area contributed by atoms with Crippen molar-refractivity contribution in [2.45, 2.75) is 13.5 Å². The molecule has 3 aromatic rings. The van der Waals surface area contributed by atoms with Crippen LogP contribution in [0.15, 0.2) is 33.7 Å². The number of aromatic nitrogens is 3. The van der Waals surface area contributed by atoms with Gasteiger partial charge >= 0.3 is 5.76 Å². The van der Waals surface area contributed by atoms with Gasteiger partial charge < -0.3 is 15.5 Å². The molecule has 4 N–H and O–H groups in total. The number of nitrogens with one attached hydrogen (secondary N) is 2. The fourth-order valence-corrected chi connectivity index (χ4v) is 2.06. The van der Waals surface area contributed by atoms with E-state index in [1.54, 1.807) is 12.1 Å². The van der Waals surface area contributed by atoms with E-state index < -0.39 is 5.76 Å². The number of benzene rings is 1. The number of H-pyrrole nitrogens is 1. The summed E-state index contributed by atoms with van der Waals surface area (Å²) in [6.07, 6.45) is 3.79. The monoisotopic (exact) mass is 273 g/mol. The average Bonchev–Trinajstić information content (AvgIpc) is 2.95. The summed E-state index contributed by atoms with van der Waals surface area (Å²) in [5, 5.41) is 7.43. The maximum absolute atomic E-state index is 11.1. The molecule has 0 spiro atoms. The van der Waals surface area contributed by atoms with Gasteiger partial charge in [-0.25, -0.2) is 4.79 Å². The minimum Gasteiger partial charge on any atom is -0.408 e. The number of rotatable bonds is 4. The van der Waals surface area contributed by atoms with Crippen molar-refractivity contribution in [2.24, 2.45) is 0 Å². The highest BCUT2D eigenvalue weighted by Gasteiger charge is 2.06. The number of nitrogen functional groups attached to an aromatic ring is 1. The number of anilines is 2. The predicted molar refractivity (Wildman–Crippen MR) is 76.7 cm³/mol. The Balaban J connectivity index is 1.73. The highest BCUT2D eigenvalue weighted by Crippen LogP contribution is 2.24. The first-order valence-corrected chi connectivity index (χ1v) is 6.27. The lowest BCUT2D eigenvalue weighted by Crippen LogP contribution is -2.11. The summed E-state index contributed by atoms with van der Waals surface area (Å²) in [6, 6.07) is 3.40. The van der Waals surface area contributed by atoms with Gasteiger partial charge in [-0.15, -0.1) is 0 Å². The van der Waals surface area contributed by atoms with Gasteiger partial charge in [-0.2, -0.15) is 5.10 Å². The molecular weight excluding hydrogens is 258 g/mol. The first kappa shape index (κ1) is 12.3. The number of hydrogen-bond acceptors (Lipinski definition) is 5. The van der Waals surface area contributed by atoms with Crippen molar-refractivity contribution in [3.8, 4) is 0 Å². The number of hydrogen-bond donors (Lipinski definition) is 3. The highest BCUT2D eigenvalue weighted by molar-refractivity contribution is 5.85. The Morgan fingerprint density at radius 3 is 3.10 bits per heavy atom. The topological polar surface area (TPSA) is 102 Å². The minimum absolute atomic E-state index is 0.459. The molecule has 3 rings (SSSR count). The van der Waals surface area contributed by atoms with Crippen molar-refractivity contribution in [1.82, 2.24) is 14.8 Å². The van der Waals surface area contributed by atoms with Gasteiger partial charge in [-0.1, -0.05) is 0 Å². The van der Waals surface area contributed by atoms with E-state index in [2.05, 4.69) is 15.4 Å². The SMILES string of the molecule is Cc1cnn(CCNc2cc3[nH]c(=O)oc3cc2N)c1. The van der Waals surface area contributed by atoms with Gasteiger partial charge in [0.15, 0.2) is 5.58 Å². The number of aryl methyl sites for hydroxylation is 1. The summed E-state index contributed by atoms with van der Waals surface area (Å²) in [5.41, 5.74) is 9.43. The zero-order valence-electron chi connectivity index (χ0n) is 11.0. The van der Waals surface area contributed by atoms with Crippen molar-refractivity contribution in [1.29, 1.82) is 0 Å². The molecule has 7 heteroatoms. The Kier molecular flexibility index (Phi) is 2.94. The van der Waals surface area contributed by atoms with Gasteiger partial charge in [0, 0.05) is 18.8 Å². The molecule has 0 unspecified atom stereocenters. The number of nitrogens with zero attached hydrogens (tertiary/aromatic N) is 2. The van der Waals surface area contributed by atoms with Crippen LogP contribution >= 0.6 is 0 Å². The lowest BCUT2D eigenvalue weighted by Gasteiger charge is -2.09. The zero-order valence-corrected chi connectivity index (χ0v) is 11.0. The molecule has 1 aromatic carbocycles. The molecule has 20 heavy (non-hydrogen) atoms. The van der Waals surface area contributed by atoms with Crippen LogP contribution in [-0.4, -0.2) is 21.3 Å². The third-order valence-electron chi connectivity index (χ3n) is 3.01. The summed E-state index contributed by atoms with van der Waals surface area (Å²) in [7, 11) is 0. The summed E-state index contributed by atoms with van der Waals surface area (Å²) in [6.45, 7) is 3.41. The van der Waals surface area contributed by atoms with Crippen LogP contribution in [-0.2, 0) is 6.54 Å². The van der Waals surface area contributed by atoms with E-state index in [-0.39, 0.29) is 0 Å². The van der Waals surface area contributed by atoms with Crippen LogP contribution in [0.4, 0.5) is 11.4 Å². The zero-order chi connectivity index (χ0) is 14.1. The van der Waals surface area contributed by atoms with Crippen LogP contribution in [0.25, 0.3) is 11.1 Å². The van der Waals surface area contributed by atoms with Crippen LogP contribution in [0.5, 0.6) is 0 Å². The van der Waals surface area contributed by atoms with Crippen LogP contribution < -0.4 is 16.8 Å². The van der Waals surface area contributed by atoms with E-state index in [0.29, 0.717) is 23.3 Å².